The minimum absolute atomic E-state index is 0.0319. The van der Waals surface area contributed by atoms with Crippen LogP contribution in [0.15, 0.2) is 65.1 Å². The number of amides is 1. The zero-order valence-electron chi connectivity index (χ0n) is 19.5. The molecule has 3 aromatic rings. The lowest BCUT2D eigenvalue weighted by molar-refractivity contribution is -0.139. The minimum Gasteiger partial charge on any atom is -0.480 e. The lowest BCUT2D eigenvalue weighted by Gasteiger charge is -2.16. The highest BCUT2D eigenvalue weighted by Crippen LogP contribution is 2.26. The van der Waals surface area contributed by atoms with Crippen LogP contribution in [0.3, 0.4) is 0 Å². The van der Waals surface area contributed by atoms with E-state index in [0.29, 0.717) is 24.1 Å². The topological polar surface area (TPSA) is 190 Å². The second-order valence-corrected chi connectivity index (χ2v) is 10.4. The van der Waals surface area contributed by atoms with Crippen molar-refractivity contribution in [2.75, 3.05) is 11.3 Å². The summed E-state index contributed by atoms with van der Waals surface area (Å²) < 4.78 is 28.5. The van der Waals surface area contributed by atoms with E-state index in [-0.39, 0.29) is 21.9 Å². The minimum atomic E-state index is -4.07. The van der Waals surface area contributed by atoms with Gasteiger partial charge in [0.1, 0.15) is 17.2 Å². The Morgan fingerprint density at radius 2 is 1.86 bits per heavy atom. The van der Waals surface area contributed by atoms with Crippen molar-refractivity contribution in [3.8, 4) is 11.8 Å². The van der Waals surface area contributed by atoms with Gasteiger partial charge in [0.25, 0.3) is 15.9 Å². The third-order valence-electron chi connectivity index (χ3n) is 4.93. The van der Waals surface area contributed by atoms with Crippen molar-refractivity contribution < 1.29 is 23.1 Å². The molecule has 0 radical (unpaired) electrons. The summed E-state index contributed by atoms with van der Waals surface area (Å²) in [4.78, 5) is 28.4. The molecule has 0 aliphatic rings. The van der Waals surface area contributed by atoms with Gasteiger partial charge in [-0.25, -0.2) is 13.2 Å². The third-order valence-corrected chi connectivity index (χ3v) is 7.20. The number of aliphatic carboxylic acids is 1. The lowest BCUT2D eigenvalue weighted by Crippen LogP contribution is -2.46. The molecule has 13 heteroatoms. The molecule has 0 aliphatic heterocycles. The largest absolute Gasteiger partial charge is 0.480 e. The van der Waals surface area contributed by atoms with Crippen LogP contribution in [-0.4, -0.2) is 49.3 Å². The third kappa shape index (κ3) is 8.38. The Balaban J connectivity index is 1.71. The summed E-state index contributed by atoms with van der Waals surface area (Å²) in [7, 11) is -4.07. The number of aromatic nitrogens is 1. The van der Waals surface area contributed by atoms with Crippen LogP contribution in [0.25, 0.3) is 0 Å². The van der Waals surface area contributed by atoms with Crippen LogP contribution < -0.4 is 26.8 Å². The van der Waals surface area contributed by atoms with Gasteiger partial charge in [-0.05, 0) is 61.2 Å². The van der Waals surface area contributed by atoms with Gasteiger partial charge in [0.2, 0.25) is 0 Å². The summed E-state index contributed by atoms with van der Waals surface area (Å²) in [6.45, 7) is 0.368. The first-order chi connectivity index (χ1) is 17.7. The number of nitrogens with zero attached hydrogens (tertiary/aromatic N) is 1. The fourth-order valence-corrected chi connectivity index (χ4v) is 5.08. The lowest BCUT2D eigenvalue weighted by atomic mass is 10.1. The number of hydrogen-bond donors (Lipinski definition) is 6. The van der Waals surface area contributed by atoms with Gasteiger partial charge >= 0.3 is 5.97 Å². The number of rotatable bonds is 11. The van der Waals surface area contributed by atoms with Crippen LogP contribution in [0.5, 0.6) is 0 Å². The summed E-state index contributed by atoms with van der Waals surface area (Å²) in [6.07, 6.45) is 3.02. The fraction of sp³-hybridized carbons (Fsp3) is 0.208. The Labute approximate surface area is 218 Å². The van der Waals surface area contributed by atoms with Gasteiger partial charge in [-0.2, -0.15) is 0 Å². The molecule has 0 aliphatic carbocycles. The number of benzene rings is 1. The molecule has 0 saturated carbocycles. The number of hydrogen-bond acceptors (Lipinski definition) is 9. The first-order valence-corrected chi connectivity index (χ1v) is 13.4. The van der Waals surface area contributed by atoms with Crippen LogP contribution >= 0.6 is 11.3 Å². The molecular formula is C24H26N6O5S2. The molecule has 37 heavy (non-hydrogen) atoms. The molecule has 2 aromatic heterocycles. The van der Waals surface area contributed by atoms with Gasteiger partial charge in [-0.3, -0.25) is 19.8 Å². The molecule has 0 fully saturated rings. The normalized spacial score (nSPS) is 11.9. The molecule has 3 rings (SSSR count). The predicted molar refractivity (Wildman–Crippen MR) is 140 cm³/mol. The van der Waals surface area contributed by atoms with Crippen LogP contribution in [0.4, 0.5) is 5.69 Å². The summed E-state index contributed by atoms with van der Waals surface area (Å²) in [5.41, 5.74) is 12.0. The SMILES string of the molecule is NC(N)NCCC[C@H](NC(=O)c1sccc1NS(=O)(=O)c1cccc(C#Cc2cccnc2)c1)C(=O)O. The van der Waals surface area contributed by atoms with Crippen molar-refractivity contribution in [2.24, 2.45) is 11.5 Å². The molecule has 0 unspecified atom stereocenters. The quantitative estimate of drug-likeness (QED) is 0.117. The van der Waals surface area contributed by atoms with Gasteiger partial charge in [0.05, 0.1) is 10.6 Å². The van der Waals surface area contributed by atoms with E-state index in [1.54, 1.807) is 36.7 Å². The van der Waals surface area contributed by atoms with E-state index >= 15 is 0 Å². The summed E-state index contributed by atoms with van der Waals surface area (Å²) in [5.74, 6) is 3.90. The molecule has 1 amide bonds. The number of anilines is 1. The van der Waals surface area contributed by atoms with E-state index in [0.717, 1.165) is 11.3 Å². The van der Waals surface area contributed by atoms with Crippen molar-refractivity contribution in [2.45, 2.75) is 30.1 Å². The number of nitrogens with one attached hydrogen (secondary N) is 3. The number of nitrogens with two attached hydrogens (primary N) is 2. The van der Waals surface area contributed by atoms with Gasteiger partial charge < -0.3 is 21.9 Å². The van der Waals surface area contributed by atoms with Crippen molar-refractivity contribution in [1.29, 1.82) is 0 Å². The number of sulfonamides is 1. The first-order valence-electron chi connectivity index (χ1n) is 11.1. The highest BCUT2D eigenvalue weighted by Gasteiger charge is 2.24. The molecule has 8 N–H and O–H groups in total. The summed E-state index contributed by atoms with van der Waals surface area (Å²) in [5, 5.41) is 16.2. The molecule has 1 aromatic carbocycles. The van der Waals surface area contributed by atoms with Crippen LogP contribution in [0.2, 0.25) is 0 Å². The monoisotopic (exact) mass is 542 g/mol. The number of carboxylic acid groups (broad SMARTS) is 1. The molecule has 194 valence electrons. The van der Waals surface area contributed by atoms with Gasteiger partial charge in [-0.15, -0.1) is 11.3 Å². The molecule has 0 bridgehead atoms. The summed E-state index contributed by atoms with van der Waals surface area (Å²) >= 11 is 0.983. The van der Waals surface area contributed by atoms with Crippen molar-refractivity contribution in [3.05, 3.63) is 76.2 Å². The second kappa shape index (κ2) is 12.9. The Kier molecular flexibility index (Phi) is 9.72. The number of carbonyl (C=O) groups excluding carboxylic acids is 1. The van der Waals surface area contributed by atoms with Crippen molar-refractivity contribution >= 4 is 38.9 Å². The van der Waals surface area contributed by atoms with E-state index in [2.05, 4.69) is 32.2 Å². The predicted octanol–water partition coefficient (Wildman–Crippen LogP) is 1.10. The van der Waals surface area contributed by atoms with Crippen LogP contribution in [0, 0.1) is 11.8 Å². The first kappa shape index (κ1) is 27.8. The second-order valence-electron chi connectivity index (χ2n) is 7.77. The van der Waals surface area contributed by atoms with Crippen molar-refractivity contribution in [1.82, 2.24) is 15.6 Å². The number of thiophene rings is 1. The molecule has 2 heterocycles. The van der Waals surface area contributed by atoms with E-state index in [1.165, 1.54) is 23.6 Å². The fourth-order valence-electron chi connectivity index (χ4n) is 3.15. The number of pyridine rings is 1. The van der Waals surface area contributed by atoms with E-state index < -0.39 is 34.2 Å². The average molecular weight is 543 g/mol. The van der Waals surface area contributed by atoms with E-state index in [4.69, 9.17) is 11.5 Å². The highest BCUT2D eigenvalue weighted by molar-refractivity contribution is 7.92. The van der Waals surface area contributed by atoms with Gasteiger partial charge in [-0.1, -0.05) is 17.9 Å². The smallest absolute Gasteiger partial charge is 0.326 e. The molecule has 11 nitrogen and oxygen atoms in total. The van der Waals surface area contributed by atoms with Crippen LogP contribution in [-0.2, 0) is 14.8 Å². The van der Waals surface area contributed by atoms with Crippen LogP contribution in [0.1, 0.15) is 33.6 Å². The Bertz CT molecular complexity index is 1400. The average Bonchev–Trinajstić information content (AvgIpc) is 3.32. The highest BCUT2D eigenvalue weighted by atomic mass is 32.2. The zero-order chi connectivity index (χ0) is 26.8. The number of carboxylic acids is 1. The van der Waals surface area contributed by atoms with E-state index in [1.807, 2.05) is 0 Å². The Hall–Kier alpha value is -3.80. The van der Waals surface area contributed by atoms with Gasteiger partial charge in [0.15, 0.2) is 0 Å². The molecule has 1 atom stereocenters. The zero-order valence-corrected chi connectivity index (χ0v) is 21.2. The maximum Gasteiger partial charge on any atom is 0.326 e. The Morgan fingerprint density at radius 3 is 2.57 bits per heavy atom. The maximum absolute atomic E-state index is 13.0. The van der Waals surface area contributed by atoms with Gasteiger partial charge in [0, 0.05) is 23.5 Å². The molecular weight excluding hydrogens is 516 g/mol. The standard InChI is InChI=1S/C24H26N6O5S2/c25-24(26)28-12-3-7-20(23(32)33)29-22(31)21-19(10-13-36-21)30-37(34,35)18-6-1-4-16(14-18)8-9-17-5-2-11-27-15-17/h1-2,4-6,10-11,13-15,20,24,28,30H,3,7,12,25-26H2,(H,29,31)(H,32,33)/t20-/m0/s1. The molecule has 0 saturated heterocycles. The Morgan fingerprint density at radius 1 is 1.11 bits per heavy atom. The van der Waals surface area contributed by atoms with E-state index in [9.17, 15) is 23.1 Å². The summed E-state index contributed by atoms with van der Waals surface area (Å²) in [6, 6.07) is 9.85. The van der Waals surface area contributed by atoms with Crippen molar-refractivity contribution in [3.63, 3.8) is 0 Å². The maximum atomic E-state index is 13.0. The number of carbonyl (C=O) groups is 2. The molecule has 0 spiro atoms.